The number of carbonyl (C=O) groups excluding carboxylic acids is 1. The van der Waals surface area contributed by atoms with Crippen molar-refractivity contribution in [3.8, 4) is 0 Å². The maximum Gasteiger partial charge on any atom is 0.237 e. The van der Waals surface area contributed by atoms with E-state index in [1.807, 2.05) is 0 Å². The molecule has 0 fully saturated rings. The number of hydrogen-bond acceptors (Lipinski definition) is 3. The second-order valence-electron chi connectivity index (χ2n) is 4.70. The minimum absolute atomic E-state index is 0.143. The van der Waals surface area contributed by atoms with Crippen molar-refractivity contribution in [1.29, 1.82) is 0 Å². The van der Waals surface area contributed by atoms with Crippen molar-refractivity contribution in [2.75, 3.05) is 4.72 Å². The summed E-state index contributed by atoms with van der Waals surface area (Å²) in [5, 5.41) is 0.575. The lowest BCUT2D eigenvalue weighted by Crippen LogP contribution is -2.16. The summed E-state index contributed by atoms with van der Waals surface area (Å²) in [6.45, 7) is 1.41. The van der Waals surface area contributed by atoms with Crippen LogP contribution in [0.5, 0.6) is 0 Å². The summed E-state index contributed by atoms with van der Waals surface area (Å²) >= 11 is 12.0. The maximum atomic E-state index is 12.2. The monoisotopic (exact) mass is 357 g/mol. The molecule has 1 N–H and O–H groups in total. The van der Waals surface area contributed by atoms with Gasteiger partial charge in [0.1, 0.15) is 0 Å². The van der Waals surface area contributed by atoms with E-state index >= 15 is 0 Å². The van der Waals surface area contributed by atoms with Gasteiger partial charge in [-0.05, 0) is 31.2 Å². The molecule has 2 aromatic rings. The summed E-state index contributed by atoms with van der Waals surface area (Å²) in [6, 6.07) is 11.1. The highest BCUT2D eigenvalue weighted by molar-refractivity contribution is 7.91. The highest BCUT2D eigenvalue weighted by Gasteiger charge is 2.17. The summed E-state index contributed by atoms with van der Waals surface area (Å²) in [5.74, 6) is -0.495. The number of hydrogen-bond donors (Lipinski definition) is 1. The molecular weight excluding hydrogens is 345 g/mol. The van der Waals surface area contributed by atoms with Crippen LogP contribution in [0, 0.1) is 0 Å². The molecule has 0 saturated heterocycles. The molecule has 2 rings (SSSR count). The number of sulfonamides is 1. The molecule has 0 heterocycles. The van der Waals surface area contributed by atoms with E-state index in [4.69, 9.17) is 23.2 Å². The minimum Gasteiger partial charge on any atom is -0.295 e. The van der Waals surface area contributed by atoms with Crippen LogP contribution in [0.1, 0.15) is 22.8 Å². The van der Waals surface area contributed by atoms with Crippen molar-refractivity contribution in [3.63, 3.8) is 0 Å². The van der Waals surface area contributed by atoms with Crippen LogP contribution in [0.2, 0.25) is 10.0 Å². The molecule has 4 nitrogen and oxygen atoms in total. The van der Waals surface area contributed by atoms with Gasteiger partial charge >= 0.3 is 0 Å². The first-order chi connectivity index (χ1) is 10.3. The average molecular weight is 358 g/mol. The number of anilines is 1. The highest BCUT2D eigenvalue weighted by Crippen LogP contribution is 2.26. The van der Waals surface area contributed by atoms with Crippen LogP contribution < -0.4 is 4.72 Å². The van der Waals surface area contributed by atoms with Crippen molar-refractivity contribution in [2.24, 2.45) is 0 Å². The zero-order chi connectivity index (χ0) is 16.3. The van der Waals surface area contributed by atoms with E-state index in [9.17, 15) is 13.2 Å². The van der Waals surface area contributed by atoms with Crippen LogP contribution >= 0.6 is 23.2 Å². The van der Waals surface area contributed by atoms with E-state index in [-0.39, 0.29) is 21.6 Å². The summed E-state index contributed by atoms with van der Waals surface area (Å²) in [4.78, 5) is 11.3. The van der Waals surface area contributed by atoms with Crippen LogP contribution in [-0.4, -0.2) is 14.2 Å². The number of carbonyl (C=O) groups is 1. The van der Waals surface area contributed by atoms with E-state index in [0.717, 1.165) is 0 Å². The van der Waals surface area contributed by atoms with Crippen LogP contribution in [0.25, 0.3) is 0 Å². The fourth-order valence-electron chi connectivity index (χ4n) is 1.88. The Hall–Kier alpha value is -1.56. The molecule has 2 aromatic carbocycles. The second-order valence-corrected chi connectivity index (χ2v) is 7.24. The molecule has 7 heteroatoms. The van der Waals surface area contributed by atoms with Gasteiger partial charge in [0.25, 0.3) is 0 Å². The van der Waals surface area contributed by atoms with Crippen LogP contribution in [0.15, 0.2) is 42.5 Å². The molecule has 0 aliphatic carbocycles. The molecule has 22 heavy (non-hydrogen) atoms. The zero-order valence-corrected chi connectivity index (χ0v) is 14.0. The summed E-state index contributed by atoms with van der Waals surface area (Å²) in [7, 11) is -3.71. The third-order valence-corrected chi connectivity index (χ3v) is 4.86. The summed E-state index contributed by atoms with van der Waals surface area (Å²) in [6.07, 6.45) is 0. The van der Waals surface area contributed by atoms with Gasteiger partial charge in [0, 0.05) is 26.9 Å². The largest absolute Gasteiger partial charge is 0.295 e. The lowest BCUT2D eigenvalue weighted by molar-refractivity contribution is 0.101. The molecule has 0 unspecified atom stereocenters. The van der Waals surface area contributed by atoms with Crippen LogP contribution in [0.4, 0.5) is 5.69 Å². The van der Waals surface area contributed by atoms with E-state index in [2.05, 4.69) is 4.72 Å². The Bertz CT molecular complexity index is 799. The molecule has 0 amide bonds. The number of rotatable bonds is 5. The first-order valence-corrected chi connectivity index (χ1v) is 8.74. The standard InChI is InChI=1S/C15H13Cl2NO3S/c1-10(19)11-4-2-5-12(8-11)18-22(20,21)9-13-14(16)6-3-7-15(13)17/h2-8,18H,9H2,1H3. The Morgan fingerprint density at radius 3 is 2.27 bits per heavy atom. The van der Waals surface area contributed by atoms with Crippen molar-refractivity contribution in [2.45, 2.75) is 12.7 Å². The number of benzene rings is 2. The number of Topliss-reactive ketones (excluding diaryl/α,β-unsaturated/α-hetero) is 1. The van der Waals surface area contributed by atoms with Crippen molar-refractivity contribution < 1.29 is 13.2 Å². The molecule has 0 bridgehead atoms. The zero-order valence-electron chi connectivity index (χ0n) is 11.6. The Morgan fingerprint density at radius 1 is 1.09 bits per heavy atom. The van der Waals surface area contributed by atoms with Gasteiger partial charge in [-0.1, -0.05) is 41.4 Å². The topological polar surface area (TPSA) is 63.2 Å². The van der Waals surface area contributed by atoms with E-state index in [1.54, 1.807) is 36.4 Å². The van der Waals surface area contributed by atoms with Gasteiger partial charge in [-0.2, -0.15) is 0 Å². The maximum absolute atomic E-state index is 12.2. The van der Waals surface area contributed by atoms with Crippen molar-refractivity contribution in [1.82, 2.24) is 0 Å². The van der Waals surface area contributed by atoms with Gasteiger partial charge in [-0.3, -0.25) is 9.52 Å². The molecule has 0 aromatic heterocycles. The van der Waals surface area contributed by atoms with Gasteiger partial charge < -0.3 is 0 Å². The average Bonchev–Trinajstić information content (AvgIpc) is 2.43. The smallest absolute Gasteiger partial charge is 0.237 e. The van der Waals surface area contributed by atoms with Gasteiger partial charge in [-0.25, -0.2) is 8.42 Å². The SMILES string of the molecule is CC(=O)c1cccc(NS(=O)(=O)Cc2c(Cl)cccc2Cl)c1. The Kier molecular flexibility index (Phi) is 5.11. The van der Waals surface area contributed by atoms with Gasteiger partial charge in [0.2, 0.25) is 10.0 Å². The van der Waals surface area contributed by atoms with Crippen molar-refractivity contribution in [3.05, 3.63) is 63.6 Å². The van der Waals surface area contributed by atoms with Gasteiger partial charge in [0.15, 0.2) is 5.78 Å². The third-order valence-electron chi connectivity index (χ3n) is 2.94. The van der Waals surface area contributed by atoms with Gasteiger partial charge in [0.05, 0.1) is 5.75 Å². The summed E-state index contributed by atoms with van der Waals surface area (Å²) < 4.78 is 26.9. The molecule has 0 spiro atoms. The minimum atomic E-state index is -3.71. The highest BCUT2D eigenvalue weighted by atomic mass is 35.5. The molecule has 0 atom stereocenters. The summed E-state index contributed by atoms with van der Waals surface area (Å²) in [5.41, 5.74) is 1.08. The first kappa shape index (κ1) is 16.8. The molecule has 0 radical (unpaired) electrons. The number of nitrogens with one attached hydrogen (secondary N) is 1. The quantitative estimate of drug-likeness (QED) is 0.817. The second kappa shape index (κ2) is 6.69. The Morgan fingerprint density at radius 2 is 1.68 bits per heavy atom. The van der Waals surface area contributed by atoms with E-state index < -0.39 is 10.0 Å². The number of ketones is 1. The molecule has 0 aliphatic rings. The predicted molar refractivity (Wildman–Crippen MR) is 89.2 cm³/mol. The van der Waals surface area contributed by atoms with Gasteiger partial charge in [-0.15, -0.1) is 0 Å². The van der Waals surface area contributed by atoms with E-state index in [1.165, 1.54) is 13.0 Å². The molecule has 116 valence electrons. The predicted octanol–water partition coefficient (Wildman–Crippen LogP) is 4.14. The number of halogens is 2. The molecular formula is C15H13Cl2NO3S. The normalized spacial score (nSPS) is 11.2. The van der Waals surface area contributed by atoms with Crippen LogP contribution in [0.3, 0.4) is 0 Å². The molecule has 0 saturated carbocycles. The Balaban J connectivity index is 2.25. The molecule has 0 aliphatic heterocycles. The lowest BCUT2D eigenvalue weighted by atomic mass is 10.1. The van der Waals surface area contributed by atoms with Crippen LogP contribution in [-0.2, 0) is 15.8 Å². The fourth-order valence-corrected chi connectivity index (χ4v) is 3.82. The van der Waals surface area contributed by atoms with E-state index in [0.29, 0.717) is 16.8 Å². The first-order valence-electron chi connectivity index (χ1n) is 6.33. The van der Waals surface area contributed by atoms with Crippen molar-refractivity contribution >= 4 is 44.7 Å². The fraction of sp³-hybridized carbons (Fsp3) is 0.133. The third kappa shape index (κ3) is 4.22. The Labute approximate surface area is 139 Å². The lowest BCUT2D eigenvalue weighted by Gasteiger charge is -2.11.